The van der Waals surface area contributed by atoms with Gasteiger partial charge in [-0.1, -0.05) is 30.3 Å². The summed E-state index contributed by atoms with van der Waals surface area (Å²) in [6.45, 7) is 3.70. The number of carbonyl (C=O) groups is 2. The van der Waals surface area contributed by atoms with Crippen LogP contribution in [0.3, 0.4) is 0 Å². The number of likely N-dealkylation sites (tertiary alicyclic amines) is 1. The fraction of sp³-hybridized carbons (Fsp3) is 0.619. The molecule has 142 valence electrons. The number of benzene rings is 1. The molecule has 26 heavy (non-hydrogen) atoms. The first-order chi connectivity index (χ1) is 12.7. The molecule has 3 rings (SSSR count). The lowest BCUT2D eigenvalue weighted by atomic mass is 9.90. The van der Waals surface area contributed by atoms with Crippen LogP contribution in [-0.4, -0.2) is 54.4 Å². The quantitative estimate of drug-likeness (QED) is 0.752. The van der Waals surface area contributed by atoms with Gasteiger partial charge in [-0.2, -0.15) is 5.06 Å². The summed E-state index contributed by atoms with van der Waals surface area (Å²) in [5, 5.41) is 1.91. The number of Topliss-reactive ketones (excluding diaryl/α,β-unsaturated/α-hetero) is 1. The van der Waals surface area contributed by atoms with Gasteiger partial charge in [-0.15, -0.1) is 0 Å². The minimum atomic E-state index is 0.00245. The third-order valence-corrected chi connectivity index (χ3v) is 5.38. The van der Waals surface area contributed by atoms with Crippen molar-refractivity contribution in [3.05, 3.63) is 35.9 Å². The van der Waals surface area contributed by atoms with Crippen molar-refractivity contribution >= 4 is 11.7 Å². The lowest BCUT2D eigenvalue weighted by Crippen LogP contribution is -2.43. The van der Waals surface area contributed by atoms with E-state index in [2.05, 4.69) is 12.1 Å². The van der Waals surface area contributed by atoms with Crippen molar-refractivity contribution in [2.75, 3.05) is 32.8 Å². The molecule has 2 fully saturated rings. The van der Waals surface area contributed by atoms with Crippen molar-refractivity contribution in [3.63, 3.8) is 0 Å². The van der Waals surface area contributed by atoms with E-state index >= 15 is 0 Å². The SMILES string of the molecule is O=C(CCc1ccccc1)[C@H]1CCCN(C(=O)CCN2CCCCO2)C1. The molecule has 0 spiro atoms. The number of nitrogens with zero attached hydrogens (tertiary/aromatic N) is 2. The predicted molar refractivity (Wildman–Crippen MR) is 100 cm³/mol. The van der Waals surface area contributed by atoms with Crippen molar-refractivity contribution in [2.45, 2.75) is 44.9 Å². The van der Waals surface area contributed by atoms with Crippen LogP contribution in [0, 0.1) is 5.92 Å². The van der Waals surface area contributed by atoms with E-state index in [0.29, 0.717) is 31.7 Å². The summed E-state index contributed by atoms with van der Waals surface area (Å²) in [4.78, 5) is 32.5. The number of carbonyl (C=O) groups excluding carboxylic acids is 2. The number of aryl methyl sites for hydroxylation is 1. The first kappa shape index (κ1) is 19.1. The van der Waals surface area contributed by atoms with Crippen LogP contribution in [-0.2, 0) is 20.8 Å². The molecule has 0 aromatic heterocycles. The molecule has 0 radical (unpaired) electrons. The maximum atomic E-state index is 12.6. The maximum absolute atomic E-state index is 12.6. The standard InChI is InChI=1S/C21H30N2O3/c24-20(11-10-18-7-2-1-3-8-18)19-9-6-13-22(17-19)21(25)12-15-23-14-4-5-16-26-23/h1-3,7-8,19H,4-6,9-17H2/t19-/m0/s1. The molecule has 2 aliphatic rings. The topological polar surface area (TPSA) is 49.9 Å². The molecule has 1 amide bonds. The van der Waals surface area contributed by atoms with Crippen molar-refractivity contribution < 1.29 is 14.4 Å². The van der Waals surface area contributed by atoms with E-state index in [4.69, 9.17) is 4.84 Å². The zero-order valence-electron chi connectivity index (χ0n) is 15.6. The third-order valence-electron chi connectivity index (χ3n) is 5.38. The Kier molecular flexibility index (Phi) is 7.21. The third kappa shape index (κ3) is 5.64. The minimum Gasteiger partial charge on any atom is -0.342 e. The molecular weight excluding hydrogens is 328 g/mol. The van der Waals surface area contributed by atoms with E-state index in [1.165, 1.54) is 5.56 Å². The summed E-state index contributed by atoms with van der Waals surface area (Å²) >= 11 is 0. The van der Waals surface area contributed by atoms with Crippen molar-refractivity contribution in [3.8, 4) is 0 Å². The second-order valence-electron chi connectivity index (χ2n) is 7.35. The highest BCUT2D eigenvalue weighted by atomic mass is 16.7. The summed E-state index contributed by atoms with van der Waals surface area (Å²) in [5.41, 5.74) is 1.20. The molecule has 0 bridgehead atoms. The Morgan fingerprint density at radius 2 is 1.88 bits per heavy atom. The van der Waals surface area contributed by atoms with Gasteiger partial charge in [0.2, 0.25) is 5.91 Å². The molecule has 0 saturated carbocycles. The summed E-state index contributed by atoms with van der Waals surface area (Å²) in [6.07, 6.45) is 5.90. The normalized spacial score (nSPS) is 21.5. The lowest BCUT2D eigenvalue weighted by Gasteiger charge is -2.33. The summed E-state index contributed by atoms with van der Waals surface area (Å²) in [6, 6.07) is 10.1. The number of ketones is 1. The highest BCUT2D eigenvalue weighted by Gasteiger charge is 2.28. The van der Waals surface area contributed by atoms with Gasteiger partial charge in [0.25, 0.3) is 0 Å². The second-order valence-corrected chi connectivity index (χ2v) is 7.35. The fourth-order valence-corrected chi connectivity index (χ4v) is 3.79. The van der Waals surface area contributed by atoms with Crippen LogP contribution in [0.2, 0.25) is 0 Å². The van der Waals surface area contributed by atoms with Crippen molar-refractivity contribution in [1.29, 1.82) is 0 Å². The molecule has 0 N–H and O–H groups in total. The van der Waals surface area contributed by atoms with E-state index in [1.807, 2.05) is 28.2 Å². The summed E-state index contributed by atoms with van der Waals surface area (Å²) in [7, 11) is 0. The first-order valence-corrected chi connectivity index (χ1v) is 9.94. The largest absolute Gasteiger partial charge is 0.342 e. The molecule has 1 aromatic carbocycles. The lowest BCUT2D eigenvalue weighted by molar-refractivity contribution is -0.182. The van der Waals surface area contributed by atoms with Crippen molar-refractivity contribution in [1.82, 2.24) is 9.96 Å². The minimum absolute atomic E-state index is 0.00245. The molecule has 1 aromatic rings. The van der Waals surface area contributed by atoms with Crippen LogP contribution in [0.25, 0.3) is 0 Å². The van der Waals surface area contributed by atoms with Gasteiger partial charge in [0, 0.05) is 44.9 Å². The Balaban J connectivity index is 1.42. The Morgan fingerprint density at radius 3 is 2.65 bits per heavy atom. The van der Waals surface area contributed by atoms with E-state index in [9.17, 15) is 9.59 Å². The number of piperidine rings is 1. The van der Waals surface area contributed by atoms with Crippen LogP contribution >= 0.6 is 0 Å². The second kappa shape index (κ2) is 9.83. The van der Waals surface area contributed by atoms with E-state index in [0.717, 1.165) is 51.8 Å². The van der Waals surface area contributed by atoms with E-state index in [-0.39, 0.29) is 11.8 Å². The smallest absolute Gasteiger partial charge is 0.223 e. The Labute approximate surface area is 156 Å². The average Bonchev–Trinajstić information content (AvgIpc) is 2.72. The van der Waals surface area contributed by atoms with Gasteiger partial charge in [-0.05, 0) is 37.7 Å². The zero-order chi connectivity index (χ0) is 18.2. The summed E-state index contributed by atoms with van der Waals surface area (Å²) in [5.74, 6) is 0.452. The monoisotopic (exact) mass is 358 g/mol. The molecule has 2 heterocycles. The number of amides is 1. The maximum Gasteiger partial charge on any atom is 0.223 e. The molecule has 0 unspecified atom stereocenters. The van der Waals surface area contributed by atoms with Crippen LogP contribution < -0.4 is 0 Å². The molecule has 5 nitrogen and oxygen atoms in total. The van der Waals surface area contributed by atoms with E-state index < -0.39 is 0 Å². The Morgan fingerprint density at radius 1 is 1.04 bits per heavy atom. The fourth-order valence-electron chi connectivity index (χ4n) is 3.79. The van der Waals surface area contributed by atoms with Gasteiger partial charge in [0.1, 0.15) is 5.78 Å². The molecular formula is C21H30N2O3. The van der Waals surface area contributed by atoms with E-state index in [1.54, 1.807) is 0 Å². The van der Waals surface area contributed by atoms with Gasteiger partial charge in [-0.25, -0.2) is 0 Å². The van der Waals surface area contributed by atoms with Crippen LogP contribution in [0.4, 0.5) is 0 Å². The zero-order valence-corrected chi connectivity index (χ0v) is 15.6. The van der Waals surface area contributed by atoms with Gasteiger partial charge < -0.3 is 4.90 Å². The van der Waals surface area contributed by atoms with Gasteiger partial charge >= 0.3 is 0 Å². The van der Waals surface area contributed by atoms with Gasteiger partial charge in [-0.3, -0.25) is 14.4 Å². The number of rotatable bonds is 7. The summed E-state index contributed by atoms with van der Waals surface area (Å²) < 4.78 is 0. The number of hydrogen-bond acceptors (Lipinski definition) is 4. The van der Waals surface area contributed by atoms with Crippen LogP contribution in [0.15, 0.2) is 30.3 Å². The molecule has 5 heteroatoms. The molecule has 2 aliphatic heterocycles. The highest BCUT2D eigenvalue weighted by molar-refractivity contribution is 5.83. The van der Waals surface area contributed by atoms with Crippen LogP contribution in [0.1, 0.15) is 44.1 Å². The predicted octanol–water partition coefficient (Wildman–Crippen LogP) is 2.84. The molecule has 0 aliphatic carbocycles. The Hall–Kier alpha value is -1.72. The van der Waals surface area contributed by atoms with Crippen molar-refractivity contribution in [2.24, 2.45) is 5.92 Å². The highest BCUT2D eigenvalue weighted by Crippen LogP contribution is 2.20. The molecule has 2 saturated heterocycles. The molecule has 1 atom stereocenters. The number of hydroxylamine groups is 2. The van der Waals surface area contributed by atoms with Crippen LogP contribution in [0.5, 0.6) is 0 Å². The average molecular weight is 358 g/mol. The van der Waals surface area contributed by atoms with Gasteiger partial charge in [0.05, 0.1) is 6.61 Å². The Bertz CT molecular complexity index is 584. The van der Waals surface area contributed by atoms with Gasteiger partial charge in [0.15, 0.2) is 0 Å². The number of hydrogen-bond donors (Lipinski definition) is 0. The first-order valence-electron chi connectivity index (χ1n) is 9.94.